The van der Waals surface area contributed by atoms with Gasteiger partial charge in [-0.2, -0.15) is 0 Å². The Kier molecular flexibility index (Phi) is 6.88. The minimum atomic E-state index is 0.0755. The van der Waals surface area contributed by atoms with Crippen LogP contribution in [0.2, 0.25) is 0 Å². The maximum absolute atomic E-state index is 10.9. The standard InChI is InChI=1S/C10H18N2O/c1-4-5-9(8-11-2)6-7-10(13)12-3/h5,8H,4,6-7H2,1-3H3,(H,12,13)/b9-5-,11-8?. The zero-order chi connectivity index (χ0) is 10.1. The first-order chi connectivity index (χ1) is 6.24. The molecule has 13 heavy (non-hydrogen) atoms. The van der Waals surface area contributed by atoms with Crippen molar-refractivity contribution in [2.75, 3.05) is 14.1 Å². The highest BCUT2D eigenvalue weighted by molar-refractivity contribution is 5.81. The van der Waals surface area contributed by atoms with Gasteiger partial charge in [-0.3, -0.25) is 9.79 Å². The third-order valence-corrected chi connectivity index (χ3v) is 1.68. The fourth-order valence-corrected chi connectivity index (χ4v) is 1.03. The van der Waals surface area contributed by atoms with Gasteiger partial charge < -0.3 is 5.32 Å². The number of allylic oxidation sites excluding steroid dienone is 2. The third kappa shape index (κ3) is 6.08. The maximum atomic E-state index is 10.9. The Balaban J connectivity index is 3.97. The summed E-state index contributed by atoms with van der Waals surface area (Å²) in [5.74, 6) is 0.0755. The second-order valence-electron chi connectivity index (χ2n) is 2.75. The van der Waals surface area contributed by atoms with E-state index in [4.69, 9.17) is 0 Å². The highest BCUT2D eigenvalue weighted by Gasteiger charge is 1.99. The first-order valence-corrected chi connectivity index (χ1v) is 4.56. The van der Waals surface area contributed by atoms with Crippen LogP contribution in [-0.2, 0) is 4.79 Å². The average Bonchev–Trinajstić information content (AvgIpc) is 2.14. The topological polar surface area (TPSA) is 41.5 Å². The van der Waals surface area contributed by atoms with Crippen LogP contribution in [0.4, 0.5) is 0 Å². The van der Waals surface area contributed by atoms with Crippen molar-refractivity contribution < 1.29 is 4.79 Å². The van der Waals surface area contributed by atoms with Crippen molar-refractivity contribution in [3.63, 3.8) is 0 Å². The molecule has 0 rings (SSSR count). The lowest BCUT2D eigenvalue weighted by atomic mass is 10.1. The zero-order valence-electron chi connectivity index (χ0n) is 8.63. The number of hydrogen-bond donors (Lipinski definition) is 1. The molecule has 0 atom stereocenters. The van der Waals surface area contributed by atoms with Gasteiger partial charge in [-0.25, -0.2) is 0 Å². The Labute approximate surface area is 79.9 Å². The Morgan fingerprint density at radius 1 is 1.46 bits per heavy atom. The fourth-order valence-electron chi connectivity index (χ4n) is 1.03. The van der Waals surface area contributed by atoms with E-state index in [0.717, 1.165) is 18.4 Å². The molecule has 0 aliphatic heterocycles. The lowest BCUT2D eigenvalue weighted by Gasteiger charge is -2.00. The van der Waals surface area contributed by atoms with Gasteiger partial charge in [0, 0.05) is 26.7 Å². The molecule has 1 N–H and O–H groups in total. The molecule has 3 heteroatoms. The Hall–Kier alpha value is -1.12. The summed E-state index contributed by atoms with van der Waals surface area (Å²) < 4.78 is 0. The summed E-state index contributed by atoms with van der Waals surface area (Å²) in [4.78, 5) is 14.9. The first-order valence-electron chi connectivity index (χ1n) is 4.56. The Morgan fingerprint density at radius 2 is 2.15 bits per heavy atom. The molecule has 0 bridgehead atoms. The number of hydrogen-bond acceptors (Lipinski definition) is 2. The van der Waals surface area contributed by atoms with Gasteiger partial charge in [-0.1, -0.05) is 13.0 Å². The van der Waals surface area contributed by atoms with Crippen molar-refractivity contribution in [1.29, 1.82) is 0 Å². The summed E-state index contributed by atoms with van der Waals surface area (Å²) in [6.45, 7) is 2.07. The number of aliphatic imine (C=N–C) groups is 1. The molecule has 1 amide bonds. The summed E-state index contributed by atoms with van der Waals surface area (Å²) in [5.41, 5.74) is 1.13. The predicted molar refractivity (Wildman–Crippen MR) is 56.1 cm³/mol. The van der Waals surface area contributed by atoms with Crippen LogP contribution in [0, 0.1) is 0 Å². The Bertz CT molecular complexity index is 207. The van der Waals surface area contributed by atoms with Crippen molar-refractivity contribution in [3.05, 3.63) is 11.6 Å². The number of carbonyl (C=O) groups excluding carboxylic acids is 1. The van der Waals surface area contributed by atoms with Crippen LogP contribution in [0.5, 0.6) is 0 Å². The molecule has 0 radical (unpaired) electrons. The smallest absolute Gasteiger partial charge is 0.220 e. The molecule has 0 aliphatic carbocycles. The van der Waals surface area contributed by atoms with Gasteiger partial charge >= 0.3 is 0 Å². The number of rotatable bonds is 5. The summed E-state index contributed by atoms with van der Waals surface area (Å²) >= 11 is 0. The second-order valence-corrected chi connectivity index (χ2v) is 2.75. The first kappa shape index (κ1) is 11.9. The van der Waals surface area contributed by atoms with Crippen molar-refractivity contribution in [2.45, 2.75) is 26.2 Å². The molecular formula is C10H18N2O. The lowest BCUT2D eigenvalue weighted by Crippen LogP contribution is -2.17. The fraction of sp³-hybridized carbons (Fsp3) is 0.600. The van der Waals surface area contributed by atoms with Crippen molar-refractivity contribution >= 4 is 12.1 Å². The predicted octanol–water partition coefficient (Wildman–Crippen LogP) is 1.55. The molecule has 74 valence electrons. The lowest BCUT2D eigenvalue weighted by molar-refractivity contribution is -0.120. The van der Waals surface area contributed by atoms with Crippen LogP contribution in [0.3, 0.4) is 0 Å². The van der Waals surface area contributed by atoms with E-state index in [9.17, 15) is 4.79 Å². The number of nitrogens with zero attached hydrogens (tertiary/aromatic N) is 1. The molecule has 0 unspecified atom stereocenters. The quantitative estimate of drug-likeness (QED) is 0.644. The van der Waals surface area contributed by atoms with Gasteiger partial charge in [-0.15, -0.1) is 0 Å². The second kappa shape index (κ2) is 7.53. The summed E-state index contributed by atoms with van der Waals surface area (Å²) in [7, 11) is 3.39. The third-order valence-electron chi connectivity index (χ3n) is 1.68. The van der Waals surface area contributed by atoms with E-state index in [1.807, 2.05) is 6.21 Å². The van der Waals surface area contributed by atoms with E-state index in [-0.39, 0.29) is 5.91 Å². The molecule has 0 aliphatic rings. The van der Waals surface area contributed by atoms with Gasteiger partial charge in [0.15, 0.2) is 0 Å². The van der Waals surface area contributed by atoms with Gasteiger partial charge in [-0.05, 0) is 18.4 Å². The van der Waals surface area contributed by atoms with Crippen LogP contribution >= 0.6 is 0 Å². The van der Waals surface area contributed by atoms with E-state index >= 15 is 0 Å². The molecule has 3 nitrogen and oxygen atoms in total. The van der Waals surface area contributed by atoms with E-state index < -0.39 is 0 Å². The minimum absolute atomic E-state index is 0.0755. The number of amides is 1. The largest absolute Gasteiger partial charge is 0.359 e. The Morgan fingerprint density at radius 3 is 2.62 bits per heavy atom. The van der Waals surface area contributed by atoms with Crippen molar-refractivity contribution in [2.24, 2.45) is 4.99 Å². The van der Waals surface area contributed by atoms with Crippen LogP contribution in [0.15, 0.2) is 16.6 Å². The highest BCUT2D eigenvalue weighted by Crippen LogP contribution is 2.03. The SMILES string of the molecule is CC/C=C(\C=NC)CCC(=O)NC. The van der Waals surface area contributed by atoms with Gasteiger partial charge in [0.2, 0.25) is 5.91 Å². The molecule has 0 aromatic carbocycles. The molecule has 0 aromatic heterocycles. The highest BCUT2D eigenvalue weighted by atomic mass is 16.1. The van der Waals surface area contributed by atoms with Gasteiger partial charge in [0.1, 0.15) is 0 Å². The van der Waals surface area contributed by atoms with Crippen molar-refractivity contribution in [3.8, 4) is 0 Å². The minimum Gasteiger partial charge on any atom is -0.359 e. The van der Waals surface area contributed by atoms with Crippen LogP contribution in [0.1, 0.15) is 26.2 Å². The molecule has 0 fully saturated rings. The molecule has 0 spiro atoms. The summed E-state index contributed by atoms with van der Waals surface area (Å²) in [6, 6.07) is 0. The summed E-state index contributed by atoms with van der Waals surface area (Å²) in [5, 5.41) is 2.59. The van der Waals surface area contributed by atoms with Crippen LogP contribution < -0.4 is 5.32 Å². The van der Waals surface area contributed by atoms with Gasteiger partial charge in [0.05, 0.1) is 0 Å². The van der Waals surface area contributed by atoms with Gasteiger partial charge in [0.25, 0.3) is 0 Å². The molecule has 0 heterocycles. The van der Waals surface area contributed by atoms with E-state index in [1.165, 1.54) is 0 Å². The van der Waals surface area contributed by atoms with Crippen LogP contribution in [-0.4, -0.2) is 26.2 Å². The number of nitrogens with one attached hydrogen (secondary N) is 1. The zero-order valence-corrected chi connectivity index (χ0v) is 8.63. The normalized spacial score (nSPS) is 12.1. The van der Waals surface area contributed by atoms with Crippen LogP contribution in [0.25, 0.3) is 0 Å². The molecule has 0 aromatic rings. The molecular weight excluding hydrogens is 164 g/mol. The van der Waals surface area contributed by atoms with E-state index in [0.29, 0.717) is 6.42 Å². The average molecular weight is 182 g/mol. The van der Waals surface area contributed by atoms with Crippen molar-refractivity contribution in [1.82, 2.24) is 5.32 Å². The molecule has 0 saturated heterocycles. The maximum Gasteiger partial charge on any atom is 0.220 e. The number of carbonyl (C=O) groups is 1. The monoisotopic (exact) mass is 182 g/mol. The molecule has 0 saturated carbocycles. The van der Waals surface area contributed by atoms with E-state index in [1.54, 1.807) is 14.1 Å². The van der Waals surface area contributed by atoms with E-state index in [2.05, 4.69) is 23.3 Å². The summed E-state index contributed by atoms with van der Waals surface area (Å²) in [6.07, 6.45) is 6.19.